The van der Waals surface area contributed by atoms with E-state index < -0.39 is 0 Å². The van der Waals surface area contributed by atoms with Crippen LogP contribution in [0, 0.1) is 5.41 Å². The molecule has 0 aliphatic carbocycles. The molecule has 1 heterocycles. The Morgan fingerprint density at radius 3 is 2.55 bits per heavy atom. The zero-order valence-electron chi connectivity index (χ0n) is 11.5. The third-order valence-corrected chi connectivity index (χ3v) is 3.70. The van der Waals surface area contributed by atoms with E-state index in [4.69, 9.17) is 22.7 Å². The quantitative estimate of drug-likeness (QED) is 0.670. The molecule has 20 heavy (non-hydrogen) atoms. The third-order valence-electron chi connectivity index (χ3n) is 3.36. The Hall–Kier alpha value is -2.07. The lowest BCUT2D eigenvalue weighted by molar-refractivity contribution is 0.729. The molecule has 1 atom stereocenters. The first-order valence-electron chi connectivity index (χ1n) is 6.28. The van der Waals surface area contributed by atoms with Gasteiger partial charge in [-0.05, 0) is 30.7 Å². The zero-order valence-corrected chi connectivity index (χ0v) is 12.2. The number of hydrogen-bond acceptors (Lipinski definition) is 3. The molecule has 0 radical (unpaired) electrons. The fourth-order valence-electron chi connectivity index (χ4n) is 1.97. The molecule has 3 N–H and O–H groups in total. The van der Waals surface area contributed by atoms with E-state index in [1.807, 2.05) is 42.3 Å². The lowest BCUT2D eigenvalue weighted by Gasteiger charge is -2.27. The molecule has 0 bridgehead atoms. The molecule has 104 valence electrons. The van der Waals surface area contributed by atoms with Gasteiger partial charge in [0.05, 0.1) is 6.04 Å². The monoisotopic (exact) mass is 288 g/mol. The molecule has 2 rings (SSSR count). The van der Waals surface area contributed by atoms with Crippen LogP contribution in [0.5, 0.6) is 0 Å². The van der Waals surface area contributed by atoms with Gasteiger partial charge in [-0.25, -0.2) is 4.98 Å². The van der Waals surface area contributed by atoms with Gasteiger partial charge in [0.1, 0.15) is 11.7 Å². The number of halogens is 1. The van der Waals surface area contributed by atoms with E-state index in [1.165, 1.54) is 0 Å². The summed E-state index contributed by atoms with van der Waals surface area (Å²) in [4.78, 5) is 6.37. The van der Waals surface area contributed by atoms with Crippen LogP contribution in [0.3, 0.4) is 0 Å². The Bertz CT molecular complexity index is 610. The number of benzene rings is 1. The summed E-state index contributed by atoms with van der Waals surface area (Å²) in [7, 11) is 1.96. The van der Waals surface area contributed by atoms with Crippen LogP contribution in [0.1, 0.15) is 24.1 Å². The maximum atomic E-state index is 7.37. The fraction of sp³-hybridized carbons (Fsp3) is 0.200. The highest BCUT2D eigenvalue weighted by Crippen LogP contribution is 2.28. The number of nitrogen functional groups attached to an aromatic ring is 1. The van der Waals surface area contributed by atoms with Crippen molar-refractivity contribution in [3.05, 3.63) is 58.7 Å². The summed E-state index contributed by atoms with van der Waals surface area (Å²) >= 11 is 6.23. The minimum atomic E-state index is 0.0193. The Labute approximate surface area is 123 Å². The molecule has 0 fully saturated rings. The van der Waals surface area contributed by atoms with Crippen molar-refractivity contribution in [2.45, 2.75) is 13.0 Å². The number of amidine groups is 1. The van der Waals surface area contributed by atoms with Crippen LogP contribution < -0.4 is 10.6 Å². The van der Waals surface area contributed by atoms with Crippen LogP contribution in [-0.4, -0.2) is 17.9 Å². The van der Waals surface area contributed by atoms with Crippen LogP contribution in [0.15, 0.2) is 42.6 Å². The van der Waals surface area contributed by atoms with Gasteiger partial charge in [0.2, 0.25) is 0 Å². The first kappa shape index (κ1) is 14.3. The van der Waals surface area contributed by atoms with Gasteiger partial charge in [-0.15, -0.1) is 0 Å². The van der Waals surface area contributed by atoms with E-state index in [1.54, 1.807) is 12.3 Å². The summed E-state index contributed by atoms with van der Waals surface area (Å²) in [5.74, 6) is 0.827. The highest BCUT2D eigenvalue weighted by atomic mass is 35.5. The lowest BCUT2D eigenvalue weighted by Crippen LogP contribution is -2.23. The van der Waals surface area contributed by atoms with Gasteiger partial charge in [-0.1, -0.05) is 29.8 Å². The van der Waals surface area contributed by atoms with E-state index in [0.29, 0.717) is 5.56 Å². The second-order valence-corrected chi connectivity index (χ2v) is 5.03. The van der Waals surface area contributed by atoms with Crippen LogP contribution in [0.2, 0.25) is 5.02 Å². The summed E-state index contributed by atoms with van der Waals surface area (Å²) in [6.07, 6.45) is 1.60. The van der Waals surface area contributed by atoms with E-state index in [2.05, 4.69) is 11.9 Å². The molecular formula is C15H17ClN4. The van der Waals surface area contributed by atoms with E-state index in [0.717, 1.165) is 16.4 Å². The second-order valence-electron chi connectivity index (χ2n) is 4.63. The Morgan fingerprint density at radius 2 is 2.00 bits per heavy atom. The highest BCUT2D eigenvalue weighted by Gasteiger charge is 2.15. The highest BCUT2D eigenvalue weighted by molar-refractivity contribution is 6.31. The minimum Gasteiger partial charge on any atom is -0.384 e. The van der Waals surface area contributed by atoms with Gasteiger partial charge >= 0.3 is 0 Å². The molecule has 0 aliphatic heterocycles. The number of nitrogens with zero attached hydrogens (tertiary/aromatic N) is 2. The second kappa shape index (κ2) is 5.92. The maximum absolute atomic E-state index is 7.37. The van der Waals surface area contributed by atoms with Crippen LogP contribution in [0.4, 0.5) is 5.82 Å². The Balaban J connectivity index is 2.24. The van der Waals surface area contributed by atoms with Crippen LogP contribution in [0.25, 0.3) is 0 Å². The molecule has 0 saturated heterocycles. The van der Waals surface area contributed by atoms with Crippen molar-refractivity contribution in [2.24, 2.45) is 5.73 Å². The summed E-state index contributed by atoms with van der Waals surface area (Å²) in [5, 5.41) is 8.11. The Morgan fingerprint density at radius 1 is 1.30 bits per heavy atom. The molecule has 1 aromatic carbocycles. The van der Waals surface area contributed by atoms with Crippen molar-refractivity contribution in [3.8, 4) is 0 Å². The average molecular weight is 289 g/mol. The molecule has 0 spiro atoms. The molecular weight excluding hydrogens is 272 g/mol. The molecule has 0 amide bonds. The normalized spacial score (nSPS) is 11.9. The number of pyridine rings is 1. The number of anilines is 1. The molecule has 1 aromatic heterocycles. The van der Waals surface area contributed by atoms with Crippen molar-refractivity contribution in [3.63, 3.8) is 0 Å². The first-order valence-corrected chi connectivity index (χ1v) is 6.66. The molecule has 0 aliphatic rings. The minimum absolute atomic E-state index is 0.0193. The van der Waals surface area contributed by atoms with Gasteiger partial charge in [0.25, 0.3) is 0 Å². The van der Waals surface area contributed by atoms with Crippen molar-refractivity contribution >= 4 is 23.3 Å². The van der Waals surface area contributed by atoms with Gasteiger partial charge in [-0.3, -0.25) is 5.41 Å². The number of hydrogen-bond donors (Lipinski definition) is 2. The average Bonchev–Trinajstić information content (AvgIpc) is 2.46. The largest absolute Gasteiger partial charge is 0.384 e. The Kier molecular flexibility index (Phi) is 4.25. The summed E-state index contributed by atoms with van der Waals surface area (Å²) in [5.41, 5.74) is 7.09. The standard InChI is InChI=1S/C15H17ClN4/c1-10(12-5-3-4-6-13(12)16)20(2)14-8-7-11(9-19-14)15(17)18/h3-10H,1-2H3,(H3,17,18). The number of rotatable bonds is 4. The lowest BCUT2D eigenvalue weighted by atomic mass is 10.1. The van der Waals surface area contributed by atoms with E-state index >= 15 is 0 Å². The van der Waals surface area contributed by atoms with Crippen molar-refractivity contribution < 1.29 is 0 Å². The fourth-order valence-corrected chi connectivity index (χ4v) is 2.27. The van der Waals surface area contributed by atoms with E-state index in [-0.39, 0.29) is 11.9 Å². The van der Waals surface area contributed by atoms with Crippen molar-refractivity contribution in [2.75, 3.05) is 11.9 Å². The third kappa shape index (κ3) is 2.91. The predicted octanol–water partition coefficient (Wildman–Crippen LogP) is 3.22. The van der Waals surface area contributed by atoms with Crippen LogP contribution in [-0.2, 0) is 0 Å². The van der Waals surface area contributed by atoms with Gasteiger partial charge < -0.3 is 10.6 Å². The number of nitrogens with two attached hydrogens (primary N) is 1. The smallest absolute Gasteiger partial charge is 0.128 e. The molecule has 4 nitrogen and oxygen atoms in total. The van der Waals surface area contributed by atoms with Crippen molar-refractivity contribution in [1.29, 1.82) is 5.41 Å². The van der Waals surface area contributed by atoms with Crippen molar-refractivity contribution in [1.82, 2.24) is 4.98 Å². The number of nitrogens with one attached hydrogen (secondary N) is 1. The van der Waals surface area contributed by atoms with E-state index in [9.17, 15) is 0 Å². The first-order chi connectivity index (χ1) is 9.50. The molecule has 0 saturated carbocycles. The zero-order chi connectivity index (χ0) is 14.7. The summed E-state index contributed by atoms with van der Waals surface area (Å²) in [6, 6.07) is 11.5. The summed E-state index contributed by atoms with van der Waals surface area (Å²) < 4.78 is 0. The van der Waals surface area contributed by atoms with Gasteiger partial charge in [0, 0.05) is 23.8 Å². The van der Waals surface area contributed by atoms with Crippen LogP contribution >= 0.6 is 11.6 Å². The topological polar surface area (TPSA) is 66.0 Å². The summed E-state index contributed by atoms with van der Waals surface area (Å²) in [6.45, 7) is 2.07. The van der Waals surface area contributed by atoms with Gasteiger partial charge in [0.15, 0.2) is 0 Å². The molecule has 2 aromatic rings. The molecule has 5 heteroatoms. The number of aromatic nitrogens is 1. The predicted molar refractivity (Wildman–Crippen MR) is 83.5 cm³/mol. The van der Waals surface area contributed by atoms with Gasteiger partial charge in [-0.2, -0.15) is 0 Å². The molecule has 1 unspecified atom stereocenters. The SMILES string of the molecule is CC(c1ccccc1Cl)N(C)c1ccc(C(=N)N)cn1. The maximum Gasteiger partial charge on any atom is 0.128 e.